The lowest BCUT2D eigenvalue weighted by atomic mass is 9.73. The van der Waals surface area contributed by atoms with Gasteiger partial charge in [-0.3, -0.25) is 0 Å². The molecule has 0 saturated heterocycles. The predicted molar refractivity (Wildman–Crippen MR) is 82.0 cm³/mol. The van der Waals surface area contributed by atoms with Crippen molar-refractivity contribution in [2.75, 3.05) is 0 Å². The second-order valence-electron chi connectivity index (χ2n) is 6.36. The second kappa shape index (κ2) is 9.59. The molecule has 0 spiro atoms. The van der Waals surface area contributed by atoms with Crippen LogP contribution in [0.2, 0.25) is 0 Å². The molecule has 0 aliphatic heterocycles. The zero-order chi connectivity index (χ0) is 16.6. The van der Waals surface area contributed by atoms with E-state index < -0.39 is 0 Å². The summed E-state index contributed by atoms with van der Waals surface area (Å²) in [6.07, 6.45) is 2.17. The van der Waals surface area contributed by atoms with Crippen LogP contribution in [0.25, 0.3) is 0 Å². The molecule has 0 radical (unpaired) electrons. The summed E-state index contributed by atoms with van der Waals surface area (Å²) in [6, 6.07) is 0. The minimum Gasteiger partial charge on any atom is -0.300 e. The van der Waals surface area contributed by atoms with E-state index in [1.165, 1.54) is 27.7 Å². The molecule has 0 aromatic heterocycles. The summed E-state index contributed by atoms with van der Waals surface area (Å²) < 4.78 is 0. The third-order valence-corrected chi connectivity index (χ3v) is 3.89. The van der Waals surface area contributed by atoms with Gasteiger partial charge in [-0.1, -0.05) is 6.92 Å². The lowest BCUT2D eigenvalue weighted by Crippen LogP contribution is -2.27. The minimum atomic E-state index is -0.0188. The van der Waals surface area contributed by atoms with Crippen molar-refractivity contribution in [2.45, 2.75) is 66.7 Å². The predicted octanol–water partition coefficient (Wildman–Crippen LogP) is 3.16. The minimum absolute atomic E-state index is 0.00958. The topological polar surface area (TPSA) is 68.3 Å². The van der Waals surface area contributed by atoms with Crippen LogP contribution in [-0.4, -0.2) is 23.1 Å². The average Bonchev–Trinajstić information content (AvgIpc) is 2.29. The normalized spacial score (nSPS) is 15.1. The summed E-state index contributed by atoms with van der Waals surface area (Å²) in [7, 11) is 0. The summed E-state index contributed by atoms with van der Waals surface area (Å²) in [5.41, 5.74) is 0. The highest BCUT2D eigenvalue weighted by Gasteiger charge is 2.29. The van der Waals surface area contributed by atoms with Gasteiger partial charge < -0.3 is 19.2 Å². The van der Waals surface area contributed by atoms with Gasteiger partial charge in [0.1, 0.15) is 23.1 Å². The Bertz CT molecular complexity index is 398. The molecular weight excluding hydrogens is 268 g/mol. The van der Waals surface area contributed by atoms with Gasteiger partial charge in [-0.05, 0) is 51.9 Å². The van der Waals surface area contributed by atoms with Crippen molar-refractivity contribution >= 4 is 23.1 Å². The molecule has 4 nitrogen and oxygen atoms in total. The maximum atomic E-state index is 11.5. The van der Waals surface area contributed by atoms with Crippen LogP contribution in [0.4, 0.5) is 0 Å². The Labute approximate surface area is 127 Å². The summed E-state index contributed by atoms with van der Waals surface area (Å²) >= 11 is 0. The zero-order valence-corrected chi connectivity index (χ0v) is 13.9. The molecule has 21 heavy (non-hydrogen) atoms. The first-order chi connectivity index (χ1) is 9.63. The lowest BCUT2D eigenvalue weighted by molar-refractivity contribution is -0.123. The highest BCUT2D eigenvalue weighted by Crippen LogP contribution is 2.33. The largest absolute Gasteiger partial charge is 0.300 e. The highest BCUT2D eigenvalue weighted by atomic mass is 16.1. The van der Waals surface area contributed by atoms with Crippen molar-refractivity contribution < 1.29 is 19.2 Å². The molecule has 4 heteroatoms. The molecular formula is C17H28O4. The number of carbonyl (C=O) groups excluding carboxylic acids is 4. The van der Waals surface area contributed by atoms with Gasteiger partial charge in [-0.15, -0.1) is 0 Å². The SMILES string of the molecule is CC(=O)CCC(CC(C)=O)C(CC(C)=O)C(C)CC(C)=O. The molecule has 0 aromatic carbocycles. The molecule has 0 bridgehead atoms. The fourth-order valence-corrected chi connectivity index (χ4v) is 2.99. The fourth-order valence-electron chi connectivity index (χ4n) is 2.99. The van der Waals surface area contributed by atoms with Gasteiger partial charge >= 0.3 is 0 Å². The molecule has 0 saturated carbocycles. The van der Waals surface area contributed by atoms with Crippen LogP contribution in [0.1, 0.15) is 66.7 Å². The maximum Gasteiger partial charge on any atom is 0.130 e. The Morgan fingerprint density at radius 3 is 1.57 bits per heavy atom. The van der Waals surface area contributed by atoms with E-state index in [1.807, 2.05) is 6.92 Å². The number of rotatable bonds is 11. The maximum absolute atomic E-state index is 11.5. The van der Waals surface area contributed by atoms with E-state index in [4.69, 9.17) is 0 Å². The zero-order valence-electron chi connectivity index (χ0n) is 13.9. The van der Waals surface area contributed by atoms with Crippen LogP contribution in [0, 0.1) is 17.8 Å². The molecule has 0 rings (SSSR count). The van der Waals surface area contributed by atoms with E-state index >= 15 is 0 Å². The third-order valence-electron chi connectivity index (χ3n) is 3.89. The van der Waals surface area contributed by atoms with Crippen molar-refractivity contribution in [2.24, 2.45) is 17.8 Å². The van der Waals surface area contributed by atoms with E-state index in [0.717, 1.165) is 0 Å². The summed E-state index contributed by atoms with van der Waals surface area (Å²) in [6.45, 7) is 8.08. The standard InChI is InChI=1S/C17H28O4/c1-11(8-13(3)19)17(10-15(5)21)16(9-14(4)20)7-6-12(2)18/h11,16-17H,6-10H2,1-5H3. The Hall–Kier alpha value is -1.32. The van der Waals surface area contributed by atoms with Crippen molar-refractivity contribution in [3.63, 3.8) is 0 Å². The number of ketones is 4. The van der Waals surface area contributed by atoms with Gasteiger partial charge in [0.15, 0.2) is 0 Å². The average molecular weight is 296 g/mol. The van der Waals surface area contributed by atoms with E-state index in [2.05, 4.69) is 0 Å². The van der Waals surface area contributed by atoms with Crippen molar-refractivity contribution in [3.05, 3.63) is 0 Å². The van der Waals surface area contributed by atoms with Gasteiger partial charge in [-0.25, -0.2) is 0 Å². The van der Waals surface area contributed by atoms with Crippen LogP contribution in [0.15, 0.2) is 0 Å². The van der Waals surface area contributed by atoms with E-state index in [1.54, 1.807) is 0 Å². The molecule has 0 aromatic rings. The molecule has 0 fully saturated rings. The molecule has 0 N–H and O–H groups in total. The molecule has 0 amide bonds. The Kier molecular flexibility index (Phi) is 8.98. The van der Waals surface area contributed by atoms with Crippen LogP contribution in [0.5, 0.6) is 0 Å². The van der Waals surface area contributed by atoms with Crippen LogP contribution >= 0.6 is 0 Å². The van der Waals surface area contributed by atoms with E-state index in [-0.39, 0.29) is 40.9 Å². The third kappa shape index (κ3) is 9.27. The summed E-state index contributed by atoms with van der Waals surface area (Å²) in [5.74, 6) is 0.314. The van der Waals surface area contributed by atoms with Gasteiger partial charge in [0, 0.05) is 25.7 Å². The van der Waals surface area contributed by atoms with Gasteiger partial charge in [0.2, 0.25) is 0 Å². The molecule has 0 aliphatic rings. The summed E-state index contributed by atoms with van der Waals surface area (Å²) in [4.78, 5) is 45.6. The van der Waals surface area contributed by atoms with Crippen molar-refractivity contribution in [1.29, 1.82) is 0 Å². The Morgan fingerprint density at radius 2 is 1.19 bits per heavy atom. The monoisotopic (exact) mass is 296 g/mol. The quantitative estimate of drug-likeness (QED) is 0.587. The second-order valence-corrected chi connectivity index (χ2v) is 6.36. The smallest absolute Gasteiger partial charge is 0.130 e. The molecule has 0 aliphatic carbocycles. The van der Waals surface area contributed by atoms with E-state index in [9.17, 15) is 19.2 Å². The van der Waals surface area contributed by atoms with Crippen LogP contribution in [0.3, 0.4) is 0 Å². The van der Waals surface area contributed by atoms with Gasteiger partial charge in [0.05, 0.1) is 0 Å². The lowest BCUT2D eigenvalue weighted by Gasteiger charge is -2.30. The van der Waals surface area contributed by atoms with Crippen molar-refractivity contribution in [1.82, 2.24) is 0 Å². The first-order valence-electron chi connectivity index (χ1n) is 7.61. The molecule has 3 atom stereocenters. The Morgan fingerprint density at radius 1 is 0.714 bits per heavy atom. The fraction of sp³-hybridized carbons (Fsp3) is 0.765. The summed E-state index contributed by atoms with van der Waals surface area (Å²) in [5, 5.41) is 0. The molecule has 120 valence electrons. The van der Waals surface area contributed by atoms with Crippen molar-refractivity contribution in [3.8, 4) is 0 Å². The first-order valence-corrected chi connectivity index (χ1v) is 7.61. The number of hydrogen-bond acceptors (Lipinski definition) is 4. The molecule has 0 heterocycles. The van der Waals surface area contributed by atoms with E-state index in [0.29, 0.717) is 32.1 Å². The molecule has 3 unspecified atom stereocenters. The number of carbonyl (C=O) groups is 4. The van der Waals surface area contributed by atoms with Crippen LogP contribution < -0.4 is 0 Å². The van der Waals surface area contributed by atoms with Gasteiger partial charge in [0.25, 0.3) is 0 Å². The number of hydrogen-bond donors (Lipinski definition) is 0. The van der Waals surface area contributed by atoms with Crippen LogP contribution in [-0.2, 0) is 19.2 Å². The first kappa shape index (κ1) is 19.7. The Balaban J connectivity index is 5.12. The highest BCUT2D eigenvalue weighted by molar-refractivity contribution is 5.78. The van der Waals surface area contributed by atoms with Gasteiger partial charge in [-0.2, -0.15) is 0 Å². The number of Topliss-reactive ketones (excluding diaryl/α,β-unsaturated/α-hetero) is 4.